The van der Waals surface area contributed by atoms with E-state index in [1.165, 1.54) is 37.7 Å². The predicted octanol–water partition coefficient (Wildman–Crippen LogP) is 3.76. The average molecular weight is 221 g/mol. The summed E-state index contributed by atoms with van der Waals surface area (Å²) in [6.45, 7) is 9.75. The molecular weight excluding hydrogens is 194 g/mol. The van der Waals surface area contributed by atoms with Crippen LogP contribution in [-0.2, 0) is 0 Å². The molecule has 3 unspecified atom stereocenters. The van der Waals surface area contributed by atoms with Gasteiger partial charge in [0.15, 0.2) is 0 Å². The zero-order valence-electron chi connectivity index (χ0n) is 11.0. The zero-order valence-corrected chi connectivity index (χ0v) is 11.0. The molecule has 0 aromatic heterocycles. The summed E-state index contributed by atoms with van der Waals surface area (Å²) < 4.78 is 0. The molecular formula is C15H27N. The van der Waals surface area contributed by atoms with Gasteiger partial charge in [-0.05, 0) is 50.0 Å². The van der Waals surface area contributed by atoms with Crippen LogP contribution in [0.5, 0.6) is 0 Å². The van der Waals surface area contributed by atoms with Gasteiger partial charge in [-0.1, -0.05) is 38.8 Å². The van der Waals surface area contributed by atoms with E-state index < -0.39 is 0 Å². The maximum atomic E-state index is 4.18. The third kappa shape index (κ3) is 2.51. The first-order chi connectivity index (χ1) is 7.77. The summed E-state index contributed by atoms with van der Waals surface area (Å²) in [4.78, 5) is 0. The van der Waals surface area contributed by atoms with Crippen LogP contribution in [0.1, 0.15) is 52.4 Å². The van der Waals surface area contributed by atoms with Crippen molar-refractivity contribution in [1.82, 2.24) is 5.32 Å². The Balaban J connectivity index is 1.89. The fourth-order valence-electron chi connectivity index (χ4n) is 3.71. The monoisotopic (exact) mass is 221 g/mol. The summed E-state index contributed by atoms with van der Waals surface area (Å²) in [6.07, 6.45) is 8.30. The molecule has 0 radical (unpaired) electrons. The third-order valence-corrected chi connectivity index (χ3v) is 4.66. The van der Waals surface area contributed by atoms with Crippen molar-refractivity contribution >= 4 is 0 Å². The van der Waals surface area contributed by atoms with Crippen LogP contribution in [0.4, 0.5) is 0 Å². The molecule has 1 heteroatoms. The summed E-state index contributed by atoms with van der Waals surface area (Å²) in [5.41, 5.74) is 1.43. The molecule has 0 heterocycles. The number of hydrogen-bond donors (Lipinski definition) is 1. The molecule has 2 aliphatic carbocycles. The highest BCUT2D eigenvalue weighted by Gasteiger charge is 2.53. The summed E-state index contributed by atoms with van der Waals surface area (Å²) in [7, 11) is 0. The highest BCUT2D eigenvalue weighted by atomic mass is 14.9. The lowest BCUT2D eigenvalue weighted by atomic mass is 9.99. The fourth-order valence-corrected chi connectivity index (χ4v) is 3.71. The van der Waals surface area contributed by atoms with Crippen molar-refractivity contribution in [3.63, 3.8) is 0 Å². The second-order valence-electron chi connectivity index (χ2n) is 5.66. The van der Waals surface area contributed by atoms with E-state index >= 15 is 0 Å². The molecule has 3 atom stereocenters. The number of fused-ring (bicyclic) bond motifs is 1. The molecule has 2 rings (SSSR count). The van der Waals surface area contributed by atoms with Gasteiger partial charge in [-0.25, -0.2) is 0 Å². The maximum absolute atomic E-state index is 4.18. The molecule has 0 aromatic carbocycles. The smallest absolute Gasteiger partial charge is 0.0138 e. The molecule has 2 aliphatic rings. The van der Waals surface area contributed by atoms with Crippen LogP contribution < -0.4 is 5.32 Å². The quantitative estimate of drug-likeness (QED) is 0.673. The number of rotatable bonds is 6. The first-order valence-corrected chi connectivity index (χ1v) is 7.18. The minimum atomic E-state index is 0.727. The van der Waals surface area contributed by atoms with E-state index in [2.05, 4.69) is 25.7 Å². The summed E-state index contributed by atoms with van der Waals surface area (Å²) in [6, 6.07) is 0.727. The van der Waals surface area contributed by atoms with Gasteiger partial charge in [0.2, 0.25) is 0 Å². The van der Waals surface area contributed by atoms with E-state index in [9.17, 15) is 0 Å². The largest absolute Gasteiger partial charge is 0.314 e. The minimum absolute atomic E-state index is 0.727. The Morgan fingerprint density at radius 3 is 2.38 bits per heavy atom. The molecule has 2 saturated carbocycles. The summed E-state index contributed by atoms with van der Waals surface area (Å²) >= 11 is 0. The lowest BCUT2D eigenvalue weighted by Gasteiger charge is -2.19. The van der Waals surface area contributed by atoms with Crippen LogP contribution in [0.3, 0.4) is 0 Å². The Labute approximate surface area is 101 Å². The Hall–Kier alpha value is -0.300. The Morgan fingerprint density at radius 2 is 1.88 bits per heavy atom. The van der Waals surface area contributed by atoms with Crippen LogP contribution in [0, 0.1) is 17.8 Å². The van der Waals surface area contributed by atoms with Crippen molar-refractivity contribution in [2.24, 2.45) is 17.8 Å². The second-order valence-corrected chi connectivity index (χ2v) is 5.66. The lowest BCUT2D eigenvalue weighted by molar-refractivity contribution is 0.434. The molecule has 92 valence electrons. The number of nitrogens with one attached hydrogen (secondary N) is 1. The van der Waals surface area contributed by atoms with Crippen molar-refractivity contribution in [2.75, 3.05) is 6.54 Å². The Kier molecular flexibility index (Phi) is 4.07. The molecule has 0 bridgehead atoms. The molecule has 16 heavy (non-hydrogen) atoms. The van der Waals surface area contributed by atoms with Gasteiger partial charge in [0.1, 0.15) is 0 Å². The van der Waals surface area contributed by atoms with Crippen LogP contribution >= 0.6 is 0 Å². The summed E-state index contributed by atoms with van der Waals surface area (Å²) in [5.74, 6) is 3.09. The van der Waals surface area contributed by atoms with Crippen molar-refractivity contribution in [3.05, 3.63) is 12.2 Å². The first kappa shape index (κ1) is 12.2. The second kappa shape index (κ2) is 5.35. The van der Waals surface area contributed by atoms with Crippen LogP contribution in [-0.4, -0.2) is 12.6 Å². The summed E-state index contributed by atoms with van der Waals surface area (Å²) in [5, 5.41) is 3.71. The van der Waals surface area contributed by atoms with Crippen LogP contribution in [0.25, 0.3) is 0 Å². The van der Waals surface area contributed by atoms with Gasteiger partial charge >= 0.3 is 0 Å². The van der Waals surface area contributed by atoms with Gasteiger partial charge in [0, 0.05) is 6.04 Å². The van der Waals surface area contributed by atoms with Crippen molar-refractivity contribution in [2.45, 2.75) is 58.4 Å². The molecule has 2 fully saturated rings. The standard InChI is InChI=1S/C15H27N/c1-4-11(3)10-14(16-5-2)15-12-8-6-7-9-13(12)15/h12-16H,3-10H2,1-2H3. The maximum Gasteiger partial charge on any atom is 0.0138 e. The molecule has 1 N–H and O–H groups in total. The minimum Gasteiger partial charge on any atom is -0.314 e. The fraction of sp³-hybridized carbons (Fsp3) is 0.867. The van der Waals surface area contributed by atoms with Gasteiger partial charge in [0.05, 0.1) is 0 Å². The van der Waals surface area contributed by atoms with E-state index in [0.717, 1.165) is 36.8 Å². The Morgan fingerprint density at radius 1 is 1.25 bits per heavy atom. The predicted molar refractivity (Wildman–Crippen MR) is 70.5 cm³/mol. The molecule has 0 amide bonds. The van der Waals surface area contributed by atoms with Gasteiger partial charge in [-0.2, -0.15) is 0 Å². The van der Waals surface area contributed by atoms with Gasteiger partial charge < -0.3 is 5.32 Å². The molecule has 0 aliphatic heterocycles. The average Bonchev–Trinajstić information content (AvgIpc) is 3.02. The van der Waals surface area contributed by atoms with Gasteiger partial charge in [-0.15, -0.1) is 0 Å². The van der Waals surface area contributed by atoms with Crippen molar-refractivity contribution in [1.29, 1.82) is 0 Å². The van der Waals surface area contributed by atoms with E-state index in [0.29, 0.717) is 0 Å². The van der Waals surface area contributed by atoms with E-state index in [1.807, 2.05) is 0 Å². The number of hydrogen-bond acceptors (Lipinski definition) is 1. The van der Waals surface area contributed by atoms with Crippen molar-refractivity contribution < 1.29 is 0 Å². The SMILES string of the molecule is C=C(CC)CC(NCC)C1C2CCCCC21. The Bertz CT molecular complexity index is 234. The van der Waals surface area contributed by atoms with Crippen LogP contribution in [0.15, 0.2) is 12.2 Å². The van der Waals surface area contributed by atoms with Crippen molar-refractivity contribution in [3.8, 4) is 0 Å². The molecule has 0 saturated heterocycles. The van der Waals surface area contributed by atoms with E-state index in [1.54, 1.807) is 0 Å². The third-order valence-electron chi connectivity index (χ3n) is 4.66. The van der Waals surface area contributed by atoms with Crippen LogP contribution in [0.2, 0.25) is 0 Å². The molecule has 0 aromatic rings. The highest BCUT2D eigenvalue weighted by Crippen LogP contribution is 2.57. The van der Waals surface area contributed by atoms with Gasteiger partial charge in [-0.3, -0.25) is 0 Å². The lowest BCUT2D eigenvalue weighted by Crippen LogP contribution is -2.32. The van der Waals surface area contributed by atoms with Gasteiger partial charge in [0.25, 0.3) is 0 Å². The highest BCUT2D eigenvalue weighted by molar-refractivity contribution is 5.08. The molecule has 0 spiro atoms. The topological polar surface area (TPSA) is 12.0 Å². The van der Waals surface area contributed by atoms with E-state index in [-0.39, 0.29) is 0 Å². The first-order valence-electron chi connectivity index (χ1n) is 7.18. The molecule has 1 nitrogen and oxygen atoms in total. The zero-order chi connectivity index (χ0) is 11.5. The normalized spacial score (nSPS) is 34.2. The van der Waals surface area contributed by atoms with E-state index in [4.69, 9.17) is 0 Å².